The molecule has 0 atom stereocenters. The van der Waals surface area contributed by atoms with E-state index in [9.17, 15) is 0 Å². The topological polar surface area (TPSA) is 12.0 Å². The van der Waals surface area contributed by atoms with Gasteiger partial charge in [0, 0.05) is 16.7 Å². The molecule has 2 rings (SSSR count). The molecule has 0 aliphatic carbocycles. The highest BCUT2D eigenvalue weighted by Gasteiger charge is 1.97. The van der Waals surface area contributed by atoms with Crippen LogP contribution in [0.5, 0.6) is 0 Å². The second kappa shape index (κ2) is 5.37. The van der Waals surface area contributed by atoms with Crippen molar-refractivity contribution in [3.63, 3.8) is 0 Å². The minimum atomic E-state index is 0.849. The zero-order chi connectivity index (χ0) is 12.3. The van der Waals surface area contributed by atoms with E-state index in [0.717, 1.165) is 11.0 Å². The summed E-state index contributed by atoms with van der Waals surface area (Å²) in [7, 11) is 0. The highest BCUT2D eigenvalue weighted by Crippen LogP contribution is 2.16. The quantitative estimate of drug-likeness (QED) is 0.865. The maximum absolute atomic E-state index is 3.48. The first kappa shape index (κ1) is 12.2. The van der Waals surface area contributed by atoms with Crippen molar-refractivity contribution < 1.29 is 0 Å². The Bertz CT molecular complexity index is 520. The van der Waals surface area contributed by atoms with Gasteiger partial charge in [0.25, 0.3) is 0 Å². The van der Waals surface area contributed by atoms with Gasteiger partial charge < -0.3 is 5.32 Å². The standard InChI is InChI=1S/C15H16BrN/c1-11-6-7-15(8-12(11)2)17-10-13-4-3-5-14(16)9-13/h3-9,17H,10H2,1-2H3. The minimum Gasteiger partial charge on any atom is -0.381 e. The van der Waals surface area contributed by atoms with Crippen LogP contribution in [0, 0.1) is 13.8 Å². The number of aryl methyl sites for hydroxylation is 2. The lowest BCUT2D eigenvalue weighted by Gasteiger charge is -2.09. The largest absolute Gasteiger partial charge is 0.381 e. The second-order valence-corrected chi connectivity index (χ2v) is 5.20. The summed E-state index contributed by atoms with van der Waals surface area (Å²) in [6.45, 7) is 5.12. The molecule has 0 fully saturated rings. The van der Waals surface area contributed by atoms with Gasteiger partial charge in [-0.05, 0) is 54.8 Å². The molecule has 0 saturated heterocycles. The predicted octanol–water partition coefficient (Wildman–Crippen LogP) is 4.68. The molecule has 0 unspecified atom stereocenters. The SMILES string of the molecule is Cc1ccc(NCc2cccc(Br)c2)cc1C. The molecule has 0 heterocycles. The van der Waals surface area contributed by atoms with Crippen molar-refractivity contribution >= 4 is 21.6 Å². The summed E-state index contributed by atoms with van der Waals surface area (Å²) >= 11 is 3.48. The van der Waals surface area contributed by atoms with Gasteiger partial charge in [-0.25, -0.2) is 0 Å². The fraction of sp³-hybridized carbons (Fsp3) is 0.200. The molecule has 0 amide bonds. The van der Waals surface area contributed by atoms with E-state index >= 15 is 0 Å². The zero-order valence-electron chi connectivity index (χ0n) is 10.1. The van der Waals surface area contributed by atoms with Crippen LogP contribution in [0.25, 0.3) is 0 Å². The maximum atomic E-state index is 3.48. The van der Waals surface area contributed by atoms with Gasteiger partial charge in [-0.15, -0.1) is 0 Å². The Morgan fingerprint density at radius 1 is 1.00 bits per heavy atom. The highest BCUT2D eigenvalue weighted by atomic mass is 79.9. The van der Waals surface area contributed by atoms with Crippen LogP contribution in [0.2, 0.25) is 0 Å². The van der Waals surface area contributed by atoms with Crippen LogP contribution in [-0.2, 0) is 6.54 Å². The smallest absolute Gasteiger partial charge is 0.0401 e. The second-order valence-electron chi connectivity index (χ2n) is 4.28. The van der Waals surface area contributed by atoms with Crippen LogP contribution in [0.4, 0.5) is 5.69 Å². The van der Waals surface area contributed by atoms with Gasteiger partial charge in [0.05, 0.1) is 0 Å². The lowest BCUT2D eigenvalue weighted by atomic mass is 10.1. The summed E-state index contributed by atoms with van der Waals surface area (Å²) < 4.78 is 1.12. The average Bonchev–Trinajstić information content (AvgIpc) is 2.31. The number of benzene rings is 2. The molecular formula is C15H16BrN. The number of rotatable bonds is 3. The molecule has 0 aliphatic heterocycles. The van der Waals surface area contributed by atoms with Gasteiger partial charge in [-0.3, -0.25) is 0 Å². The monoisotopic (exact) mass is 289 g/mol. The van der Waals surface area contributed by atoms with Crippen molar-refractivity contribution in [2.45, 2.75) is 20.4 Å². The van der Waals surface area contributed by atoms with Crippen molar-refractivity contribution in [1.29, 1.82) is 0 Å². The molecule has 0 aromatic heterocycles. The van der Waals surface area contributed by atoms with Gasteiger partial charge in [-0.2, -0.15) is 0 Å². The Balaban J connectivity index is 2.05. The Labute approximate surface area is 111 Å². The molecule has 0 saturated carbocycles. The normalized spacial score (nSPS) is 10.3. The first-order valence-corrected chi connectivity index (χ1v) is 6.50. The molecule has 0 radical (unpaired) electrons. The van der Waals surface area contributed by atoms with Crippen LogP contribution in [0.3, 0.4) is 0 Å². The molecule has 2 heteroatoms. The summed E-state index contributed by atoms with van der Waals surface area (Å²) in [5, 5.41) is 3.44. The summed E-state index contributed by atoms with van der Waals surface area (Å²) in [4.78, 5) is 0. The number of halogens is 1. The van der Waals surface area contributed by atoms with Crippen molar-refractivity contribution in [2.24, 2.45) is 0 Å². The third-order valence-electron chi connectivity index (χ3n) is 2.89. The molecular weight excluding hydrogens is 274 g/mol. The lowest BCUT2D eigenvalue weighted by molar-refractivity contribution is 1.14. The fourth-order valence-corrected chi connectivity index (χ4v) is 2.15. The molecule has 2 aromatic carbocycles. The van der Waals surface area contributed by atoms with E-state index in [4.69, 9.17) is 0 Å². The third kappa shape index (κ3) is 3.34. The number of hydrogen-bond donors (Lipinski definition) is 1. The van der Waals surface area contributed by atoms with E-state index in [1.54, 1.807) is 0 Å². The highest BCUT2D eigenvalue weighted by molar-refractivity contribution is 9.10. The summed E-state index contributed by atoms with van der Waals surface area (Å²) in [6, 6.07) is 14.8. The van der Waals surface area contributed by atoms with Crippen molar-refractivity contribution in [3.05, 3.63) is 63.6 Å². The molecule has 2 aromatic rings. The van der Waals surface area contributed by atoms with Crippen molar-refractivity contribution in [1.82, 2.24) is 0 Å². The van der Waals surface area contributed by atoms with Crippen LogP contribution < -0.4 is 5.32 Å². The first-order chi connectivity index (χ1) is 8.15. The molecule has 0 spiro atoms. The predicted molar refractivity (Wildman–Crippen MR) is 77.4 cm³/mol. The van der Waals surface area contributed by atoms with E-state index in [-0.39, 0.29) is 0 Å². The molecule has 0 bridgehead atoms. The summed E-state index contributed by atoms with van der Waals surface area (Å²) in [5.74, 6) is 0. The van der Waals surface area contributed by atoms with Gasteiger partial charge in [0.15, 0.2) is 0 Å². The number of nitrogens with one attached hydrogen (secondary N) is 1. The fourth-order valence-electron chi connectivity index (χ4n) is 1.70. The van der Waals surface area contributed by atoms with Gasteiger partial charge in [-0.1, -0.05) is 34.1 Å². The van der Waals surface area contributed by atoms with Gasteiger partial charge >= 0.3 is 0 Å². The number of hydrogen-bond acceptors (Lipinski definition) is 1. The Hall–Kier alpha value is -1.28. The molecule has 1 nitrogen and oxygen atoms in total. The molecule has 88 valence electrons. The van der Waals surface area contributed by atoms with Gasteiger partial charge in [0.2, 0.25) is 0 Å². The summed E-state index contributed by atoms with van der Waals surface area (Å²) in [5.41, 5.74) is 5.10. The average molecular weight is 290 g/mol. The molecule has 0 aliphatic rings. The van der Waals surface area contributed by atoms with E-state index < -0.39 is 0 Å². The minimum absolute atomic E-state index is 0.849. The van der Waals surface area contributed by atoms with Crippen molar-refractivity contribution in [2.75, 3.05) is 5.32 Å². The summed E-state index contributed by atoms with van der Waals surface area (Å²) in [6.07, 6.45) is 0. The third-order valence-corrected chi connectivity index (χ3v) is 3.39. The van der Waals surface area contributed by atoms with Crippen LogP contribution >= 0.6 is 15.9 Å². The maximum Gasteiger partial charge on any atom is 0.0401 e. The van der Waals surface area contributed by atoms with E-state index in [0.29, 0.717) is 0 Å². The lowest BCUT2D eigenvalue weighted by Crippen LogP contribution is -1.99. The van der Waals surface area contributed by atoms with Gasteiger partial charge in [0.1, 0.15) is 0 Å². The van der Waals surface area contributed by atoms with E-state index in [1.165, 1.54) is 22.4 Å². The zero-order valence-corrected chi connectivity index (χ0v) is 11.7. The van der Waals surface area contributed by atoms with Crippen molar-refractivity contribution in [3.8, 4) is 0 Å². The number of anilines is 1. The van der Waals surface area contributed by atoms with E-state index in [2.05, 4.69) is 71.5 Å². The Morgan fingerprint density at radius 2 is 1.82 bits per heavy atom. The molecule has 17 heavy (non-hydrogen) atoms. The van der Waals surface area contributed by atoms with Crippen LogP contribution in [0.1, 0.15) is 16.7 Å². The Kier molecular flexibility index (Phi) is 3.85. The van der Waals surface area contributed by atoms with E-state index in [1.807, 2.05) is 6.07 Å². The first-order valence-electron chi connectivity index (χ1n) is 5.71. The van der Waals surface area contributed by atoms with Crippen LogP contribution in [-0.4, -0.2) is 0 Å². The molecule has 1 N–H and O–H groups in total. The Morgan fingerprint density at radius 3 is 2.53 bits per heavy atom. The van der Waals surface area contributed by atoms with Crippen LogP contribution in [0.15, 0.2) is 46.9 Å².